The van der Waals surface area contributed by atoms with E-state index in [-0.39, 0.29) is 6.10 Å². The number of carbonyl (C=O) groups excluding carboxylic acids is 1. The maximum Gasteiger partial charge on any atom is 0.206 e. The van der Waals surface area contributed by atoms with Gasteiger partial charge >= 0.3 is 0 Å². The van der Waals surface area contributed by atoms with Crippen molar-refractivity contribution in [2.45, 2.75) is 40.2 Å². The molecule has 1 rings (SSSR count). The lowest BCUT2D eigenvalue weighted by Crippen LogP contribution is -2.07. The van der Waals surface area contributed by atoms with Crippen molar-refractivity contribution in [2.24, 2.45) is 0 Å². The quantitative estimate of drug-likeness (QED) is 0.625. The van der Waals surface area contributed by atoms with Crippen LogP contribution in [0.1, 0.15) is 44.4 Å². The van der Waals surface area contributed by atoms with Crippen LogP contribution in [0.2, 0.25) is 0 Å². The Hall–Kier alpha value is -1.43. The zero-order valence-electron chi connectivity index (χ0n) is 15.1. The Bertz CT molecular complexity index is 332. The van der Waals surface area contributed by atoms with E-state index in [1.165, 1.54) is 11.1 Å². The zero-order chi connectivity index (χ0) is 17.8. The molecule has 1 aromatic rings. The largest absolute Gasteiger partial charge is 0.400 e. The number of ether oxygens (including phenoxy) is 2. The van der Waals surface area contributed by atoms with Gasteiger partial charge in [0, 0.05) is 21.3 Å². The standard InChI is InChI=1S/C12H18O2.C2H5NO.C2H6.CH4O/c1-4-12(14-9-13-3)11-8-6-5-7-10(11)2;1-3-2-4;2*1-2/h5-8,12H,4,9H2,1-3H3;2H,1H3,(H,3,4);1-2H3;2H,1H3. The molecule has 0 saturated carbocycles. The number of nitrogens with one attached hydrogen (secondary N) is 1. The molecule has 0 aromatic heterocycles. The molecule has 0 spiro atoms. The van der Waals surface area contributed by atoms with E-state index in [1.807, 2.05) is 26.0 Å². The maximum atomic E-state index is 9.06. The first-order valence-electron chi connectivity index (χ1n) is 7.42. The molecule has 5 nitrogen and oxygen atoms in total. The predicted octanol–water partition coefficient (Wildman–Crippen LogP) is 3.06. The normalized spacial score (nSPS) is 9.64. The molecule has 5 heteroatoms. The second-order valence-electron chi connectivity index (χ2n) is 3.73. The predicted molar refractivity (Wildman–Crippen MR) is 91.8 cm³/mol. The van der Waals surface area contributed by atoms with Gasteiger partial charge in [0.25, 0.3) is 0 Å². The fourth-order valence-corrected chi connectivity index (χ4v) is 1.53. The number of hydrogen-bond donors (Lipinski definition) is 2. The third kappa shape index (κ3) is 13.5. The summed E-state index contributed by atoms with van der Waals surface area (Å²) in [5.74, 6) is 0. The number of hydrogen-bond acceptors (Lipinski definition) is 4. The van der Waals surface area contributed by atoms with E-state index >= 15 is 0 Å². The Labute approximate surface area is 135 Å². The van der Waals surface area contributed by atoms with Crippen LogP contribution in [0.3, 0.4) is 0 Å². The van der Waals surface area contributed by atoms with Crippen molar-refractivity contribution in [3.63, 3.8) is 0 Å². The molecule has 0 aliphatic heterocycles. The van der Waals surface area contributed by atoms with Crippen LogP contribution in [0.5, 0.6) is 0 Å². The number of aliphatic hydroxyl groups is 1. The molecular formula is C17H33NO4. The smallest absolute Gasteiger partial charge is 0.206 e. The maximum absolute atomic E-state index is 9.06. The van der Waals surface area contributed by atoms with Gasteiger partial charge in [0.15, 0.2) is 0 Å². The molecule has 1 amide bonds. The summed E-state index contributed by atoms with van der Waals surface area (Å²) in [6.07, 6.45) is 1.74. The van der Waals surface area contributed by atoms with Gasteiger partial charge in [0.05, 0.1) is 6.10 Å². The molecule has 0 aliphatic carbocycles. The molecule has 0 heterocycles. The fourth-order valence-electron chi connectivity index (χ4n) is 1.53. The number of rotatable bonds is 6. The van der Waals surface area contributed by atoms with E-state index < -0.39 is 0 Å². The molecule has 130 valence electrons. The SMILES string of the molecule is CC.CCC(OCOC)c1ccccc1C.CNC=O.CO. The van der Waals surface area contributed by atoms with Gasteiger partial charge in [0.1, 0.15) is 6.79 Å². The number of benzene rings is 1. The topological polar surface area (TPSA) is 67.8 Å². The van der Waals surface area contributed by atoms with Crippen LogP contribution >= 0.6 is 0 Å². The zero-order valence-corrected chi connectivity index (χ0v) is 15.1. The second kappa shape index (κ2) is 21.9. The average molecular weight is 315 g/mol. The van der Waals surface area contributed by atoms with Crippen LogP contribution in [-0.2, 0) is 14.3 Å². The lowest BCUT2D eigenvalue weighted by Gasteiger charge is -2.17. The van der Waals surface area contributed by atoms with Crippen LogP contribution in [0.25, 0.3) is 0 Å². The van der Waals surface area contributed by atoms with Gasteiger partial charge in [-0.1, -0.05) is 45.0 Å². The Balaban J connectivity index is -0.000000383. The molecule has 22 heavy (non-hydrogen) atoms. The van der Waals surface area contributed by atoms with Gasteiger partial charge in [0.2, 0.25) is 6.41 Å². The molecular weight excluding hydrogens is 282 g/mol. The summed E-state index contributed by atoms with van der Waals surface area (Å²) < 4.78 is 10.5. The third-order valence-corrected chi connectivity index (χ3v) is 2.41. The van der Waals surface area contributed by atoms with Crippen molar-refractivity contribution < 1.29 is 19.4 Å². The molecule has 1 unspecified atom stereocenters. The minimum absolute atomic E-state index is 0.149. The molecule has 1 atom stereocenters. The fraction of sp³-hybridized carbons (Fsp3) is 0.588. The second-order valence-corrected chi connectivity index (χ2v) is 3.73. The summed E-state index contributed by atoms with van der Waals surface area (Å²) in [6, 6.07) is 8.30. The number of methoxy groups -OCH3 is 1. The molecule has 0 radical (unpaired) electrons. The van der Waals surface area contributed by atoms with Gasteiger partial charge in [-0.15, -0.1) is 0 Å². The van der Waals surface area contributed by atoms with Crippen molar-refractivity contribution >= 4 is 6.41 Å². The summed E-state index contributed by atoms with van der Waals surface area (Å²) in [5, 5.41) is 9.25. The molecule has 0 bridgehead atoms. The van der Waals surface area contributed by atoms with Crippen LogP contribution in [-0.4, -0.2) is 39.6 Å². The monoisotopic (exact) mass is 315 g/mol. The van der Waals surface area contributed by atoms with Crippen molar-refractivity contribution in [3.05, 3.63) is 35.4 Å². The summed E-state index contributed by atoms with van der Waals surface area (Å²) >= 11 is 0. The van der Waals surface area contributed by atoms with Crippen molar-refractivity contribution in [2.75, 3.05) is 28.1 Å². The van der Waals surface area contributed by atoms with Crippen molar-refractivity contribution in [3.8, 4) is 0 Å². The molecule has 0 saturated heterocycles. The number of aliphatic hydroxyl groups excluding tert-OH is 1. The van der Waals surface area contributed by atoms with Crippen LogP contribution < -0.4 is 5.32 Å². The highest BCUT2D eigenvalue weighted by Crippen LogP contribution is 2.23. The summed E-state index contributed by atoms with van der Waals surface area (Å²) in [4.78, 5) is 9.06. The summed E-state index contributed by atoms with van der Waals surface area (Å²) in [5.41, 5.74) is 2.53. The Morgan fingerprint density at radius 3 is 2.14 bits per heavy atom. The van der Waals surface area contributed by atoms with Gasteiger partial charge in [-0.2, -0.15) is 0 Å². The minimum Gasteiger partial charge on any atom is -0.400 e. The highest BCUT2D eigenvalue weighted by molar-refractivity contribution is 5.44. The Morgan fingerprint density at radius 1 is 1.27 bits per heavy atom. The van der Waals surface area contributed by atoms with Crippen molar-refractivity contribution in [1.82, 2.24) is 5.32 Å². The molecule has 2 N–H and O–H groups in total. The lowest BCUT2D eigenvalue weighted by molar-refractivity contribution is -0.109. The third-order valence-electron chi connectivity index (χ3n) is 2.41. The first-order valence-corrected chi connectivity index (χ1v) is 7.42. The Kier molecular flexibility index (Phi) is 25.4. The van der Waals surface area contributed by atoms with E-state index in [4.69, 9.17) is 19.4 Å². The first-order chi connectivity index (χ1) is 10.7. The van der Waals surface area contributed by atoms with E-state index in [0.29, 0.717) is 13.2 Å². The van der Waals surface area contributed by atoms with E-state index in [0.717, 1.165) is 13.5 Å². The highest BCUT2D eigenvalue weighted by atomic mass is 16.7. The highest BCUT2D eigenvalue weighted by Gasteiger charge is 2.10. The lowest BCUT2D eigenvalue weighted by atomic mass is 10.0. The van der Waals surface area contributed by atoms with Gasteiger partial charge in [-0.05, 0) is 24.5 Å². The van der Waals surface area contributed by atoms with Crippen LogP contribution in [0.4, 0.5) is 0 Å². The molecule has 0 fully saturated rings. The Morgan fingerprint density at radius 2 is 1.77 bits per heavy atom. The van der Waals surface area contributed by atoms with Crippen molar-refractivity contribution in [1.29, 1.82) is 0 Å². The van der Waals surface area contributed by atoms with E-state index in [1.54, 1.807) is 14.2 Å². The number of carbonyl (C=O) groups is 1. The molecule has 1 aromatic carbocycles. The van der Waals surface area contributed by atoms with Gasteiger partial charge in [-0.25, -0.2) is 0 Å². The van der Waals surface area contributed by atoms with E-state index in [9.17, 15) is 0 Å². The number of amides is 1. The minimum atomic E-state index is 0.149. The van der Waals surface area contributed by atoms with E-state index in [2.05, 4.69) is 31.3 Å². The average Bonchev–Trinajstić information content (AvgIpc) is 2.60. The van der Waals surface area contributed by atoms with Gasteiger partial charge < -0.3 is 19.9 Å². The summed E-state index contributed by atoms with van der Waals surface area (Å²) in [7, 11) is 4.21. The number of aryl methyl sites for hydroxylation is 1. The summed E-state index contributed by atoms with van der Waals surface area (Å²) in [6.45, 7) is 8.58. The van der Waals surface area contributed by atoms with Crippen LogP contribution in [0.15, 0.2) is 24.3 Å². The van der Waals surface area contributed by atoms with Crippen LogP contribution in [0, 0.1) is 6.92 Å². The van der Waals surface area contributed by atoms with Gasteiger partial charge in [-0.3, -0.25) is 4.79 Å². The first kappa shape index (κ1) is 25.5. The molecule has 0 aliphatic rings.